The van der Waals surface area contributed by atoms with Crippen LogP contribution in [0.4, 0.5) is 5.69 Å². The molecule has 3 rings (SSSR count). The van der Waals surface area contributed by atoms with Gasteiger partial charge in [0.15, 0.2) is 0 Å². The number of aliphatic hydroxyl groups is 1. The molecule has 0 aliphatic carbocycles. The lowest BCUT2D eigenvalue weighted by Crippen LogP contribution is -2.48. The van der Waals surface area contributed by atoms with Crippen LogP contribution in [0.3, 0.4) is 0 Å². The number of aliphatic hydroxyl groups excluding tert-OH is 1. The zero-order valence-corrected chi connectivity index (χ0v) is 18.5. The second-order valence-electron chi connectivity index (χ2n) is 7.52. The minimum absolute atomic E-state index is 0.0221. The molecule has 2 aliphatic heterocycles. The van der Waals surface area contributed by atoms with Crippen molar-refractivity contribution in [2.24, 2.45) is 0 Å². The van der Waals surface area contributed by atoms with Gasteiger partial charge in [0, 0.05) is 25.3 Å². The van der Waals surface area contributed by atoms with E-state index in [-0.39, 0.29) is 61.2 Å². The van der Waals surface area contributed by atoms with Gasteiger partial charge in [-0.2, -0.15) is 4.31 Å². The van der Waals surface area contributed by atoms with Gasteiger partial charge in [0.2, 0.25) is 10.0 Å². The fraction of sp³-hybridized carbons (Fsp3) is 0.500. The monoisotopic (exact) mass is 453 g/mol. The van der Waals surface area contributed by atoms with Gasteiger partial charge in [0.05, 0.1) is 42.9 Å². The summed E-state index contributed by atoms with van der Waals surface area (Å²) in [7, 11) is -2.47. The summed E-state index contributed by atoms with van der Waals surface area (Å²) in [5.41, 5.74) is 0.638. The van der Waals surface area contributed by atoms with Crippen molar-refractivity contribution in [3.8, 4) is 0 Å². The Balaban J connectivity index is 1.81. The summed E-state index contributed by atoms with van der Waals surface area (Å²) in [5, 5.41) is 12.0. The summed E-state index contributed by atoms with van der Waals surface area (Å²) in [4.78, 5) is 26.1. The van der Waals surface area contributed by atoms with Gasteiger partial charge in [0.25, 0.3) is 5.91 Å². The average Bonchev–Trinajstić information content (AvgIpc) is 3.03. The van der Waals surface area contributed by atoms with E-state index in [4.69, 9.17) is 14.6 Å². The number of nitrogens with zero attached hydrogens (tertiary/aromatic N) is 2. The molecular weight excluding hydrogens is 426 g/mol. The number of rotatable bonds is 7. The number of esters is 1. The van der Waals surface area contributed by atoms with E-state index >= 15 is 0 Å². The van der Waals surface area contributed by atoms with Crippen molar-refractivity contribution in [3.63, 3.8) is 0 Å². The summed E-state index contributed by atoms with van der Waals surface area (Å²) in [5.74, 6) is -1.09. The minimum Gasteiger partial charge on any atom is -0.466 e. The third-order valence-electron chi connectivity index (χ3n) is 5.10. The average molecular weight is 454 g/mol. The molecule has 2 N–H and O–H groups in total. The van der Waals surface area contributed by atoms with E-state index in [1.165, 1.54) is 40.6 Å². The van der Waals surface area contributed by atoms with Crippen LogP contribution in [0.15, 0.2) is 40.4 Å². The van der Waals surface area contributed by atoms with Crippen molar-refractivity contribution in [3.05, 3.63) is 35.5 Å². The zero-order chi connectivity index (χ0) is 22.8. The molecule has 2 unspecified atom stereocenters. The highest BCUT2D eigenvalue weighted by atomic mass is 32.2. The molecule has 2 aliphatic rings. The van der Waals surface area contributed by atoms with Crippen LogP contribution < -0.4 is 5.32 Å². The van der Waals surface area contributed by atoms with Crippen LogP contribution in [0.1, 0.15) is 13.8 Å². The van der Waals surface area contributed by atoms with Crippen molar-refractivity contribution in [1.29, 1.82) is 0 Å². The van der Waals surface area contributed by atoms with Crippen LogP contribution >= 0.6 is 0 Å². The van der Waals surface area contributed by atoms with Gasteiger partial charge in [-0.3, -0.25) is 4.79 Å². The highest BCUT2D eigenvalue weighted by molar-refractivity contribution is 7.89. The molecule has 2 atom stereocenters. The van der Waals surface area contributed by atoms with Crippen LogP contribution in [-0.2, 0) is 29.1 Å². The van der Waals surface area contributed by atoms with Gasteiger partial charge in [-0.05, 0) is 38.1 Å². The van der Waals surface area contributed by atoms with Crippen LogP contribution in [-0.4, -0.2) is 86.7 Å². The smallest absolute Gasteiger partial charge is 0.337 e. The molecule has 0 saturated carbocycles. The largest absolute Gasteiger partial charge is 0.466 e. The fourth-order valence-electron chi connectivity index (χ4n) is 3.68. The molecule has 1 amide bonds. The molecule has 1 aromatic rings. The van der Waals surface area contributed by atoms with E-state index in [1.54, 1.807) is 0 Å². The van der Waals surface area contributed by atoms with Gasteiger partial charge in [-0.25, -0.2) is 13.2 Å². The van der Waals surface area contributed by atoms with E-state index in [0.717, 1.165) is 0 Å². The van der Waals surface area contributed by atoms with E-state index in [0.29, 0.717) is 5.69 Å². The topological polar surface area (TPSA) is 125 Å². The van der Waals surface area contributed by atoms with Crippen molar-refractivity contribution in [1.82, 2.24) is 9.21 Å². The Morgan fingerprint density at radius 2 is 1.84 bits per heavy atom. The molecule has 1 fully saturated rings. The first-order valence-electron chi connectivity index (χ1n) is 9.91. The molecule has 0 radical (unpaired) electrons. The van der Waals surface area contributed by atoms with Gasteiger partial charge >= 0.3 is 5.97 Å². The molecule has 10 nitrogen and oxygen atoms in total. The Morgan fingerprint density at radius 3 is 2.39 bits per heavy atom. The maximum absolute atomic E-state index is 13.0. The highest BCUT2D eigenvalue weighted by Gasteiger charge is 2.35. The first kappa shape index (κ1) is 23.2. The summed E-state index contributed by atoms with van der Waals surface area (Å²) in [6, 6.07) is 5.96. The van der Waals surface area contributed by atoms with Crippen LogP contribution in [0.2, 0.25) is 0 Å². The van der Waals surface area contributed by atoms with Gasteiger partial charge in [-0.1, -0.05) is 0 Å². The molecule has 1 aromatic carbocycles. The maximum atomic E-state index is 13.0. The molecule has 1 saturated heterocycles. The van der Waals surface area contributed by atoms with Gasteiger partial charge in [0.1, 0.15) is 5.70 Å². The summed E-state index contributed by atoms with van der Waals surface area (Å²) in [6.45, 7) is 4.08. The molecule has 0 spiro atoms. The molecule has 170 valence electrons. The number of nitrogens with one attached hydrogen (secondary N) is 1. The zero-order valence-electron chi connectivity index (χ0n) is 17.7. The van der Waals surface area contributed by atoms with E-state index in [9.17, 15) is 18.0 Å². The first-order valence-corrected chi connectivity index (χ1v) is 11.4. The fourth-order valence-corrected chi connectivity index (χ4v) is 5.27. The summed E-state index contributed by atoms with van der Waals surface area (Å²) in [6.07, 6.45) is -0.392. The third-order valence-corrected chi connectivity index (χ3v) is 6.95. The number of sulfonamides is 1. The second-order valence-corrected chi connectivity index (χ2v) is 9.46. The first-order chi connectivity index (χ1) is 14.7. The van der Waals surface area contributed by atoms with Gasteiger partial charge in [-0.15, -0.1) is 0 Å². The second kappa shape index (κ2) is 9.35. The Kier molecular flexibility index (Phi) is 6.99. The van der Waals surface area contributed by atoms with Crippen LogP contribution in [0.5, 0.6) is 0 Å². The number of amides is 1. The Morgan fingerprint density at radius 1 is 1.23 bits per heavy atom. The van der Waals surface area contributed by atoms with Crippen molar-refractivity contribution < 1.29 is 32.6 Å². The van der Waals surface area contributed by atoms with Gasteiger partial charge < -0.3 is 24.8 Å². The number of carbonyl (C=O) groups excluding carboxylic acids is 2. The number of benzene rings is 1. The third kappa shape index (κ3) is 4.90. The highest BCUT2D eigenvalue weighted by Crippen LogP contribution is 2.25. The van der Waals surface area contributed by atoms with E-state index < -0.39 is 21.9 Å². The Labute approximate surface area is 181 Å². The molecule has 0 aromatic heterocycles. The number of β-amino-alcohol motifs (C(OH)–C–C–N with tert-alkyl or cyclic N) is 1. The number of anilines is 1. The number of methoxy groups -OCH3 is 1. The number of carbonyl (C=O) groups is 2. The predicted molar refractivity (Wildman–Crippen MR) is 112 cm³/mol. The van der Waals surface area contributed by atoms with Crippen LogP contribution in [0, 0.1) is 0 Å². The molecular formula is C20H27N3O7S. The summed E-state index contributed by atoms with van der Waals surface area (Å²) < 4.78 is 37.7. The lowest BCUT2D eigenvalue weighted by atomic mass is 10.2. The standard InChI is InChI=1S/C20H27N3O7S/c1-13-10-23(11-14(2)30-13)31(27,28)16-6-4-15(5-7-16)21-18-17(20(26)29-3)12-22(8-9-24)19(18)25/h4-7,13-14,21,24H,8-12H2,1-3H3. The van der Waals surface area contributed by atoms with E-state index in [1.807, 2.05) is 13.8 Å². The number of hydrogen-bond acceptors (Lipinski definition) is 8. The number of ether oxygens (including phenoxy) is 2. The summed E-state index contributed by atoms with van der Waals surface area (Å²) >= 11 is 0. The van der Waals surface area contributed by atoms with Crippen molar-refractivity contribution in [2.45, 2.75) is 31.0 Å². The normalized spacial score (nSPS) is 22.7. The molecule has 2 heterocycles. The van der Waals surface area contributed by atoms with Crippen LogP contribution in [0.25, 0.3) is 0 Å². The molecule has 11 heteroatoms. The lowest BCUT2D eigenvalue weighted by molar-refractivity contribution is -0.136. The molecule has 31 heavy (non-hydrogen) atoms. The van der Waals surface area contributed by atoms with E-state index in [2.05, 4.69) is 5.32 Å². The minimum atomic E-state index is -3.69. The quantitative estimate of drug-likeness (QED) is 0.559. The Bertz CT molecular complexity index is 965. The number of hydrogen-bond donors (Lipinski definition) is 2. The van der Waals surface area contributed by atoms with Crippen molar-refractivity contribution in [2.75, 3.05) is 45.2 Å². The molecule has 0 bridgehead atoms. The number of morpholine rings is 1. The maximum Gasteiger partial charge on any atom is 0.337 e. The Hall–Kier alpha value is -2.47. The lowest BCUT2D eigenvalue weighted by Gasteiger charge is -2.34. The SMILES string of the molecule is COC(=O)C1=C(Nc2ccc(S(=O)(=O)N3CC(C)OC(C)C3)cc2)C(=O)N(CCO)C1. The van der Waals surface area contributed by atoms with Crippen molar-refractivity contribution >= 4 is 27.6 Å². The predicted octanol–water partition coefficient (Wildman–Crippen LogP) is 0.158.